The molecule has 3 N–H and O–H groups in total. The van der Waals surface area contributed by atoms with Crippen LogP contribution in [-0.2, 0) is 30.1 Å². The SMILES string of the molecule is CCCCC1(CCCC)C(=O)C(C2=CS(=O)(=O)c3cc(NS(C)(=O)=O)ccc3N2)=C(O)c2ccccc21. The molecule has 0 saturated carbocycles. The molecule has 1 heterocycles. The standard InChI is InChI=1S/C27H32N2O6S2/c1-4-6-14-27(15-7-5-2)20-11-9-8-10-19(20)25(30)24(26(27)31)22-17-37(34,35)23-16-18(29-36(3,32)33)12-13-21(23)28-22/h8-13,16-17,28-30H,4-7,14-15H2,1-3H3. The van der Waals surface area contributed by atoms with Crippen LogP contribution < -0.4 is 10.0 Å². The van der Waals surface area contributed by atoms with Gasteiger partial charge in [-0.15, -0.1) is 0 Å². The summed E-state index contributed by atoms with van der Waals surface area (Å²) in [6.07, 6.45) is 5.55. The van der Waals surface area contributed by atoms with Crippen molar-refractivity contribution in [3.8, 4) is 0 Å². The first-order valence-electron chi connectivity index (χ1n) is 12.4. The molecule has 0 unspecified atom stereocenters. The van der Waals surface area contributed by atoms with Gasteiger partial charge >= 0.3 is 0 Å². The second-order valence-electron chi connectivity index (χ2n) is 9.67. The summed E-state index contributed by atoms with van der Waals surface area (Å²) in [6.45, 7) is 4.12. The van der Waals surface area contributed by atoms with E-state index in [0.29, 0.717) is 18.4 Å². The molecule has 0 spiro atoms. The molecular formula is C27H32N2O6S2. The van der Waals surface area contributed by atoms with E-state index in [9.17, 15) is 26.7 Å². The van der Waals surface area contributed by atoms with Gasteiger partial charge in [0.25, 0.3) is 0 Å². The first-order chi connectivity index (χ1) is 17.4. The van der Waals surface area contributed by atoms with Crippen LogP contribution in [0.2, 0.25) is 0 Å². The highest BCUT2D eigenvalue weighted by Crippen LogP contribution is 2.48. The molecule has 37 heavy (non-hydrogen) atoms. The van der Waals surface area contributed by atoms with Crippen molar-refractivity contribution in [3.05, 3.63) is 70.3 Å². The maximum Gasteiger partial charge on any atom is 0.229 e. The highest BCUT2D eigenvalue weighted by atomic mass is 32.2. The van der Waals surface area contributed by atoms with Gasteiger partial charge in [-0.1, -0.05) is 63.8 Å². The van der Waals surface area contributed by atoms with Crippen molar-refractivity contribution >= 4 is 42.8 Å². The Bertz CT molecular complexity index is 1510. The number of hydrogen-bond acceptors (Lipinski definition) is 7. The third-order valence-electron chi connectivity index (χ3n) is 6.91. The molecule has 10 heteroatoms. The van der Waals surface area contributed by atoms with Crippen LogP contribution in [0.3, 0.4) is 0 Å². The minimum absolute atomic E-state index is 0.00528. The molecule has 0 radical (unpaired) electrons. The number of carbonyl (C=O) groups is 1. The Morgan fingerprint density at radius 1 is 1.03 bits per heavy atom. The van der Waals surface area contributed by atoms with E-state index < -0.39 is 25.3 Å². The number of rotatable bonds is 9. The Morgan fingerprint density at radius 3 is 2.30 bits per heavy atom. The van der Waals surface area contributed by atoms with Crippen LogP contribution in [0, 0.1) is 0 Å². The molecule has 2 aromatic carbocycles. The van der Waals surface area contributed by atoms with E-state index in [0.717, 1.165) is 42.9 Å². The average molecular weight is 545 g/mol. The minimum Gasteiger partial charge on any atom is -0.506 e. The summed E-state index contributed by atoms with van der Waals surface area (Å²) < 4.78 is 52.1. The predicted octanol–water partition coefficient (Wildman–Crippen LogP) is 5.27. The lowest BCUT2D eigenvalue weighted by Crippen LogP contribution is -2.42. The Hall–Kier alpha value is -3.11. The number of anilines is 2. The van der Waals surface area contributed by atoms with Crippen molar-refractivity contribution < 1.29 is 26.7 Å². The Labute approximate surface area is 218 Å². The molecule has 0 aromatic heterocycles. The average Bonchev–Trinajstić information content (AvgIpc) is 2.83. The molecule has 1 aliphatic heterocycles. The maximum absolute atomic E-state index is 14.3. The number of sulfonamides is 1. The largest absolute Gasteiger partial charge is 0.506 e. The monoisotopic (exact) mass is 544 g/mol. The summed E-state index contributed by atoms with van der Waals surface area (Å²) in [5, 5.41) is 15.3. The number of aliphatic hydroxyl groups is 1. The number of fused-ring (bicyclic) bond motifs is 2. The van der Waals surface area contributed by atoms with Crippen molar-refractivity contribution in [2.24, 2.45) is 0 Å². The van der Waals surface area contributed by atoms with E-state index in [1.165, 1.54) is 18.2 Å². The fourth-order valence-corrected chi connectivity index (χ4v) is 7.08. The normalized spacial score (nSPS) is 17.9. The van der Waals surface area contributed by atoms with Crippen LogP contribution in [0.4, 0.5) is 11.4 Å². The Balaban J connectivity index is 1.87. The van der Waals surface area contributed by atoms with Gasteiger partial charge in [0, 0.05) is 11.3 Å². The van der Waals surface area contributed by atoms with E-state index in [-0.39, 0.29) is 39.1 Å². The summed E-state index contributed by atoms with van der Waals surface area (Å²) >= 11 is 0. The highest BCUT2D eigenvalue weighted by molar-refractivity contribution is 7.94. The van der Waals surface area contributed by atoms with E-state index in [1.807, 2.05) is 12.1 Å². The molecule has 0 bridgehead atoms. The molecule has 2 aromatic rings. The predicted molar refractivity (Wildman–Crippen MR) is 146 cm³/mol. The lowest BCUT2D eigenvalue weighted by molar-refractivity contribution is -0.121. The summed E-state index contributed by atoms with van der Waals surface area (Å²) in [4.78, 5) is 14.2. The van der Waals surface area contributed by atoms with E-state index in [1.54, 1.807) is 12.1 Å². The van der Waals surface area contributed by atoms with Gasteiger partial charge in [0.1, 0.15) is 5.76 Å². The number of ketones is 1. The number of allylic oxidation sites excluding steroid dienone is 1. The van der Waals surface area contributed by atoms with Crippen molar-refractivity contribution in [2.45, 2.75) is 62.7 Å². The van der Waals surface area contributed by atoms with Crippen molar-refractivity contribution in [2.75, 3.05) is 16.3 Å². The summed E-state index contributed by atoms with van der Waals surface area (Å²) in [5.41, 5.74) is 0.689. The number of Topliss-reactive ketones (excluding diaryl/α,β-unsaturated/α-hetero) is 1. The van der Waals surface area contributed by atoms with Crippen LogP contribution in [0.5, 0.6) is 0 Å². The van der Waals surface area contributed by atoms with Crippen LogP contribution >= 0.6 is 0 Å². The number of unbranched alkanes of at least 4 members (excludes halogenated alkanes) is 2. The zero-order valence-electron chi connectivity index (χ0n) is 21.2. The zero-order chi connectivity index (χ0) is 27.0. The number of nitrogens with one attached hydrogen (secondary N) is 2. The number of sulfone groups is 1. The van der Waals surface area contributed by atoms with Crippen LogP contribution in [0.1, 0.15) is 63.5 Å². The number of benzene rings is 2. The van der Waals surface area contributed by atoms with Gasteiger partial charge in [0.15, 0.2) is 5.78 Å². The van der Waals surface area contributed by atoms with Gasteiger partial charge in [-0.2, -0.15) is 0 Å². The molecule has 8 nitrogen and oxygen atoms in total. The van der Waals surface area contributed by atoms with Crippen LogP contribution in [0.25, 0.3) is 5.76 Å². The Kier molecular flexibility index (Phi) is 7.27. The highest BCUT2D eigenvalue weighted by Gasteiger charge is 2.48. The smallest absolute Gasteiger partial charge is 0.229 e. The van der Waals surface area contributed by atoms with Gasteiger partial charge in [-0.05, 0) is 36.6 Å². The third-order valence-corrected chi connectivity index (χ3v) is 9.02. The van der Waals surface area contributed by atoms with Gasteiger partial charge < -0.3 is 10.4 Å². The maximum atomic E-state index is 14.3. The second-order valence-corrected chi connectivity index (χ2v) is 13.2. The first kappa shape index (κ1) is 26.9. The number of carbonyl (C=O) groups excluding carboxylic acids is 1. The van der Waals surface area contributed by atoms with Crippen molar-refractivity contribution in [1.29, 1.82) is 0 Å². The third kappa shape index (κ3) is 5.04. The summed E-state index contributed by atoms with van der Waals surface area (Å²) in [7, 11) is -7.68. The topological polar surface area (TPSA) is 130 Å². The molecule has 0 fully saturated rings. The first-order valence-corrected chi connectivity index (χ1v) is 15.8. The molecule has 4 rings (SSSR count). The molecule has 0 amide bonds. The minimum atomic E-state index is -4.07. The summed E-state index contributed by atoms with van der Waals surface area (Å²) in [6, 6.07) is 11.4. The van der Waals surface area contributed by atoms with Crippen LogP contribution in [-0.4, -0.2) is 34.0 Å². The van der Waals surface area contributed by atoms with Crippen molar-refractivity contribution in [3.63, 3.8) is 0 Å². The van der Waals surface area contributed by atoms with E-state index >= 15 is 0 Å². The molecule has 0 atom stereocenters. The fraction of sp³-hybridized carbons (Fsp3) is 0.370. The van der Waals surface area contributed by atoms with Gasteiger partial charge in [0.05, 0.1) is 38.9 Å². The van der Waals surface area contributed by atoms with Gasteiger partial charge in [-0.3, -0.25) is 9.52 Å². The van der Waals surface area contributed by atoms with E-state index in [2.05, 4.69) is 23.9 Å². The molecule has 1 aliphatic carbocycles. The van der Waals surface area contributed by atoms with Crippen LogP contribution in [0.15, 0.2) is 64.0 Å². The van der Waals surface area contributed by atoms with Crippen molar-refractivity contribution in [1.82, 2.24) is 0 Å². The lowest BCUT2D eigenvalue weighted by Gasteiger charge is -2.39. The molecule has 198 valence electrons. The Morgan fingerprint density at radius 2 is 1.68 bits per heavy atom. The number of hydrogen-bond donors (Lipinski definition) is 3. The van der Waals surface area contributed by atoms with E-state index in [4.69, 9.17) is 0 Å². The lowest BCUT2D eigenvalue weighted by atomic mass is 9.63. The molecular weight excluding hydrogens is 512 g/mol. The number of aliphatic hydroxyl groups excluding tert-OH is 1. The summed E-state index contributed by atoms with van der Waals surface area (Å²) in [5.74, 6) is -0.546. The van der Waals surface area contributed by atoms with Gasteiger partial charge in [-0.25, -0.2) is 16.8 Å². The quantitative estimate of drug-likeness (QED) is 0.392. The zero-order valence-corrected chi connectivity index (χ0v) is 22.8. The molecule has 2 aliphatic rings. The van der Waals surface area contributed by atoms with Gasteiger partial charge in [0.2, 0.25) is 19.9 Å². The fourth-order valence-electron chi connectivity index (χ4n) is 5.19. The molecule has 0 saturated heterocycles. The second kappa shape index (κ2) is 9.98.